The van der Waals surface area contributed by atoms with E-state index in [1.165, 1.54) is 9.80 Å². The average molecular weight is 310 g/mol. The first-order chi connectivity index (χ1) is 6.42. The largest absolute Gasteiger partial charge is 0.327 e. The third-order valence-electron chi connectivity index (χ3n) is 2.64. The Labute approximate surface area is 97.8 Å². The summed E-state index contributed by atoms with van der Waals surface area (Å²) in [5, 5.41) is 0. The van der Waals surface area contributed by atoms with Gasteiger partial charge in [-0.3, -0.25) is 9.69 Å². The molecule has 0 N–H and O–H groups in total. The monoisotopic (exact) mass is 310 g/mol. The van der Waals surface area contributed by atoms with E-state index >= 15 is 0 Å². The number of nitrogens with zero attached hydrogens (tertiary/aromatic N) is 2. The van der Waals surface area contributed by atoms with E-state index in [0.29, 0.717) is 6.54 Å². The van der Waals surface area contributed by atoms with Gasteiger partial charge in [-0.2, -0.15) is 0 Å². The van der Waals surface area contributed by atoms with Crippen LogP contribution in [0.4, 0.5) is 4.79 Å². The molecule has 0 unspecified atom stereocenters. The molecule has 1 heterocycles. The van der Waals surface area contributed by atoms with Gasteiger partial charge in [-0.25, -0.2) is 4.79 Å². The highest BCUT2D eigenvalue weighted by Crippen LogP contribution is 2.25. The minimum atomic E-state index is -0.678. The van der Waals surface area contributed by atoms with E-state index in [1.54, 1.807) is 20.9 Å². The van der Waals surface area contributed by atoms with Crippen molar-refractivity contribution in [1.29, 1.82) is 0 Å². The summed E-state index contributed by atoms with van der Waals surface area (Å²) in [6.45, 7) is 4.09. The summed E-state index contributed by atoms with van der Waals surface area (Å²) in [5.41, 5.74) is -0.678. The van der Waals surface area contributed by atoms with Crippen LogP contribution in [0.2, 0.25) is 0 Å². The number of carbonyl (C=O) groups excluding carboxylic acids is 2. The second kappa shape index (κ2) is 4.04. The summed E-state index contributed by atoms with van der Waals surface area (Å²) in [4.78, 5) is 26.3. The summed E-state index contributed by atoms with van der Waals surface area (Å²) < 4.78 is 0.957. The van der Waals surface area contributed by atoms with Gasteiger partial charge in [0.1, 0.15) is 5.54 Å². The second-order valence-corrected chi connectivity index (χ2v) is 4.98. The molecule has 1 saturated heterocycles. The Kier molecular flexibility index (Phi) is 3.39. The molecule has 0 spiro atoms. The Morgan fingerprint density at radius 3 is 2.29 bits per heavy atom. The van der Waals surface area contributed by atoms with E-state index in [4.69, 9.17) is 0 Å². The average Bonchev–Trinajstić information content (AvgIpc) is 2.28. The van der Waals surface area contributed by atoms with Gasteiger partial charge in [0.25, 0.3) is 5.91 Å². The number of halogens is 1. The van der Waals surface area contributed by atoms with Crippen LogP contribution in [-0.2, 0) is 4.79 Å². The van der Waals surface area contributed by atoms with Crippen LogP contribution in [0, 0.1) is 0 Å². The number of urea groups is 1. The molecular formula is C9H15IN2O2. The molecule has 0 bridgehead atoms. The van der Waals surface area contributed by atoms with Crippen LogP contribution in [0.25, 0.3) is 0 Å². The van der Waals surface area contributed by atoms with E-state index < -0.39 is 5.54 Å². The third kappa shape index (κ3) is 1.74. The first kappa shape index (κ1) is 11.7. The highest BCUT2D eigenvalue weighted by atomic mass is 127. The van der Waals surface area contributed by atoms with Crippen LogP contribution in [-0.4, -0.2) is 45.3 Å². The predicted molar refractivity (Wildman–Crippen MR) is 62.5 cm³/mol. The van der Waals surface area contributed by atoms with Crippen LogP contribution in [0.15, 0.2) is 0 Å². The van der Waals surface area contributed by atoms with E-state index in [2.05, 4.69) is 22.6 Å². The fourth-order valence-electron chi connectivity index (χ4n) is 1.40. The van der Waals surface area contributed by atoms with E-state index in [1.807, 2.05) is 0 Å². The van der Waals surface area contributed by atoms with Crippen molar-refractivity contribution in [3.63, 3.8) is 0 Å². The number of carbonyl (C=O) groups is 2. The number of rotatable bonds is 3. The molecule has 5 heteroatoms. The van der Waals surface area contributed by atoms with Crippen molar-refractivity contribution in [2.75, 3.05) is 18.0 Å². The van der Waals surface area contributed by atoms with Crippen LogP contribution in [0.3, 0.4) is 0 Å². The van der Waals surface area contributed by atoms with Crippen LogP contribution >= 0.6 is 22.6 Å². The summed E-state index contributed by atoms with van der Waals surface area (Å²) in [6.07, 6.45) is 0.863. The highest BCUT2D eigenvalue weighted by Gasteiger charge is 2.48. The molecule has 0 saturated carbocycles. The molecule has 0 aromatic carbocycles. The normalized spacial score (nSPS) is 20.9. The summed E-state index contributed by atoms with van der Waals surface area (Å²) >= 11 is 2.24. The topological polar surface area (TPSA) is 40.6 Å². The number of imide groups is 1. The first-order valence-corrected chi connectivity index (χ1v) is 6.11. The second-order valence-electron chi connectivity index (χ2n) is 3.90. The first-order valence-electron chi connectivity index (χ1n) is 4.58. The van der Waals surface area contributed by atoms with Crippen LogP contribution in [0.1, 0.15) is 20.3 Å². The van der Waals surface area contributed by atoms with Crippen molar-refractivity contribution >= 4 is 34.5 Å². The number of likely N-dealkylation sites (N-methyl/N-ethyl adjacent to an activating group) is 1. The molecule has 0 aromatic rings. The van der Waals surface area contributed by atoms with Crippen LogP contribution < -0.4 is 0 Å². The SMILES string of the molecule is CN1C(=O)N(CCCI)C(=O)C1(C)C. The molecule has 3 amide bonds. The molecule has 0 atom stereocenters. The van der Waals surface area contributed by atoms with Gasteiger partial charge in [-0.05, 0) is 20.3 Å². The Balaban J connectivity index is 2.80. The fraction of sp³-hybridized carbons (Fsp3) is 0.778. The Morgan fingerprint density at radius 2 is 1.93 bits per heavy atom. The minimum Gasteiger partial charge on any atom is -0.313 e. The Morgan fingerprint density at radius 1 is 1.36 bits per heavy atom. The lowest BCUT2D eigenvalue weighted by Crippen LogP contribution is -2.41. The summed E-state index contributed by atoms with van der Waals surface area (Å²) in [7, 11) is 1.67. The molecular weight excluding hydrogens is 295 g/mol. The maximum absolute atomic E-state index is 11.8. The zero-order chi connectivity index (χ0) is 10.9. The maximum atomic E-state index is 11.8. The van der Waals surface area contributed by atoms with E-state index in [9.17, 15) is 9.59 Å². The molecule has 14 heavy (non-hydrogen) atoms. The highest BCUT2D eigenvalue weighted by molar-refractivity contribution is 14.1. The van der Waals surface area contributed by atoms with Gasteiger partial charge in [0.05, 0.1) is 0 Å². The fourth-order valence-corrected chi connectivity index (χ4v) is 1.74. The van der Waals surface area contributed by atoms with Crippen molar-refractivity contribution < 1.29 is 9.59 Å². The zero-order valence-electron chi connectivity index (χ0n) is 8.71. The van der Waals surface area contributed by atoms with Gasteiger partial charge in [-0.15, -0.1) is 0 Å². The summed E-state index contributed by atoms with van der Waals surface area (Å²) in [6, 6.07) is -0.176. The maximum Gasteiger partial charge on any atom is 0.327 e. The molecule has 1 fully saturated rings. The van der Waals surface area contributed by atoms with Gasteiger partial charge in [0.2, 0.25) is 0 Å². The van der Waals surface area contributed by atoms with E-state index in [0.717, 1.165) is 10.8 Å². The zero-order valence-corrected chi connectivity index (χ0v) is 10.9. The molecule has 80 valence electrons. The van der Waals surface area contributed by atoms with E-state index in [-0.39, 0.29) is 11.9 Å². The minimum absolute atomic E-state index is 0.0881. The third-order valence-corrected chi connectivity index (χ3v) is 3.40. The van der Waals surface area contributed by atoms with Gasteiger partial charge >= 0.3 is 6.03 Å². The lowest BCUT2D eigenvalue weighted by Gasteiger charge is -2.22. The molecule has 0 aromatic heterocycles. The summed E-state index contributed by atoms with van der Waals surface area (Å²) in [5.74, 6) is -0.0881. The standard InChI is InChI=1S/C9H15IN2O2/c1-9(2)7(13)12(6-4-5-10)8(14)11(9)3/h4-6H2,1-3H3. The van der Waals surface area contributed by atoms with Crippen molar-refractivity contribution in [1.82, 2.24) is 9.80 Å². The lowest BCUT2D eigenvalue weighted by atomic mass is 10.1. The van der Waals surface area contributed by atoms with Crippen molar-refractivity contribution in [3.05, 3.63) is 0 Å². The number of hydrogen-bond acceptors (Lipinski definition) is 2. The molecule has 1 aliphatic heterocycles. The predicted octanol–water partition coefficient (Wildman–Crippen LogP) is 1.48. The molecule has 1 aliphatic rings. The number of hydrogen-bond donors (Lipinski definition) is 0. The lowest BCUT2D eigenvalue weighted by molar-refractivity contribution is -0.131. The van der Waals surface area contributed by atoms with Crippen LogP contribution in [0.5, 0.6) is 0 Å². The molecule has 0 aliphatic carbocycles. The van der Waals surface area contributed by atoms with Crippen molar-refractivity contribution in [2.24, 2.45) is 0 Å². The van der Waals surface area contributed by atoms with Gasteiger partial charge < -0.3 is 4.90 Å². The van der Waals surface area contributed by atoms with Crippen molar-refractivity contribution in [3.8, 4) is 0 Å². The smallest absolute Gasteiger partial charge is 0.313 e. The Bertz CT molecular complexity index is 266. The quantitative estimate of drug-likeness (QED) is 0.450. The van der Waals surface area contributed by atoms with Gasteiger partial charge in [-0.1, -0.05) is 22.6 Å². The Hall–Kier alpha value is -0.330. The van der Waals surface area contributed by atoms with Gasteiger partial charge in [0, 0.05) is 18.0 Å². The van der Waals surface area contributed by atoms with Crippen molar-refractivity contribution in [2.45, 2.75) is 25.8 Å². The van der Waals surface area contributed by atoms with Gasteiger partial charge in [0.15, 0.2) is 0 Å². The molecule has 1 rings (SSSR count). The number of alkyl halides is 1. The number of amides is 3. The molecule has 0 radical (unpaired) electrons. The molecule has 4 nitrogen and oxygen atoms in total.